The highest BCUT2D eigenvalue weighted by Gasteiger charge is 2.31. The minimum absolute atomic E-state index is 0.364. The molecule has 0 spiro atoms. The molecule has 108 valence electrons. The number of allylic oxidation sites excluding steroid dienone is 5. The Kier molecular flexibility index (Phi) is 10.4. The van der Waals surface area contributed by atoms with E-state index in [-0.39, 0.29) is 0 Å². The molecule has 1 unspecified atom stereocenters. The zero-order valence-electron chi connectivity index (χ0n) is 12.0. The first kappa shape index (κ1) is 18.1. The second-order valence-corrected chi connectivity index (χ2v) is 4.19. The lowest BCUT2D eigenvalue weighted by atomic mass is 9.66. The molecule has 0 radical (unpaired) electrons. The minimum Gasteiger partial charge on any atom is -0.413 e. The van der Waals surface area contributed by atoms with E-state index in [1.54, 1.807) is 25.2 Å². The van der Waals surface area contributed by atoms with E-state index in [0.717, 1.165) is 6.42 Å². The lowest BCUT2D eigenvalue weighted by Crippen LogP contribution is -2.29. The molecular weight excluding hydrogens is 249 g/mol. The average molecular weight is 272 g/mol. The SMILES string of the molecule is C=C/C=C/C(B(OC)OCCC)/C(CF)=C(/C)CF. The molecule has 0 aromatic rings. The third-order valence-electron chi connectivity index (χ3n) is 2.76. The highest BCUT2D eigenvalue weighted by atomic mass is 19.1. The predicted octanol–water partition coefficient (Wildman–Crippen LogP) is 3.92. The molecule has 0 N–H and O–H groups in total. The average Bonchev–Trinajstić information content (AvgIpc) is 2.44. The summed E-state index contributed by atoms with van der Waals surface area (Å²) in [7, 11) is 0.874. The van der Waals surface area contributed by atoms with Crippen molar-refractivity contribution in [3.8, 4) is 0 Å². The van der Waals surface area contributed by atoms with Crippen molar-refractivity contribution in [2.45, 2.75) is 26.1 Å². The van der Waals surface area contributed by atoms with Gasteiger partial charge in [0.25, 0.3) is 0 Å². The summed E-state index contributed by atoms with van der Waals surface area (Å²) in [5, 5.41) is 0. The monoisotopic (exact) mass is 272 g/mol. The lowest BCUT2D eigenvalue weighted by molar-refractivity contribution is 0.225. The highest BCUT2D eigenvalue weighted by molar-refractivity contribution is 6.48. The first-order valence-corrected chi connectivity index (χ1v) is 6.40. The molecule has 19 heavy (non-hydrogen) atoms. The van der Waals surface area contributed by atoms with Crippen LogP contribution in [0.15, 0.2) is 36.0 Å². The number of rotatable bonds is 10. The summed E-state index contributed by atoms with van der Waals surface area (Å²) in [5.74, 6) is -0.449. The third kappa shape index (κ3) is 6.16. The van der Waals surface area contributed by atoms with Gasteiger partial charge in [-0.3, -0.25) is 0 Å². The predicted molar refractivity (Wildman–Crippen MR) is 76.7 cm³/mol. The molecule has 0 aliphatic carbocycles. The summed E-state index contributed by atoms with van der Waals surface area (Å²) in [5.41, 5.74) is 0.743. The zero-order valence-corrected chi connectivity index (χ0v) is 12.0. The summed E-state index contributed by atoms with van der Waals surface area (Å²) in [4.78, 5) is 0. The fraction of sp³-hybridized carbons (Fsp3) is 0.571. The molecular formula is C14H23BF2O2. The van der Waals surface area contributed by atoms with Crippen LogP contribution in [0.3, 0.4) is 0 Å². The van der Waals surface area contributed by atoms with E-state index < -0.39 is 26.3 Å². The summed E-state index contributed by atoms with van der Waals surface area (Å²) < 4.78 is 36.8. The first-order chi connectivity index (χ1) is 9.15. The second-order valence-electron chi connectivity index (χ2n) is 4.19. The van der Waals surface area contributed by atoms with Crippen molar-refractivity contribution in [2.75, 3.05) is 27.1 Å². The van der Waals surface area contributed by atoms with E-state index in [2.05, 4.69) is 6.58 Å². The highest BCUT2D eigenvalue weighted by Crippen LogP contribution is 2.28. The Balaban J connectivity index is 5.26. The van der Waals surface area contributed by atoms with Gasteiger partial charge in [-0.25, -0.2) is 8.78 Å². The molecule has 0 saturated heterocycles. The first-order valence-electron chi connectivity index (χ1n) is 6.40. The van der Waals surface area contributed by atoms with Crippen molar-refractivity contribution in [1.82, 2.24) is 0 Å². The number of hydrogen-bond donors (Lipinski definition) is 0. The topological polar surface area (TPSA) is 18.5 Å². The molecule has 0 fully saturated rings. The number of alkyl halides is 2. The Bertz CT molecular complexity index is 317. The van der Waals surface area contributed by atoms with Gasteiger partial charge in [0, 0.05) is 19.5 Å². The largest absolute Gasteiger partial charge is 0.468 e. The maximum Gasteiger partial charge on any atom is 0.468 e. The minimum atomic E-state index is -0.725. The van der Waals surface area contributed by atoms with Gasteiger partial charge >= 0.3 is 7.12 Å². The summed E-state index contributed by atoms with van der Waals surface area (Å²) in [6.07, 6.45) is 5.83. The van der Waals surface area contributed by atoms with Crippen LogP contribution in [-0.4, -0.2) is 34.2 Å². The Morgan fingerprint density at radius 1 is 1.37 bits per heavy atom. The maximum atomic E-state index is 13.2. The van der Waals surface area contributed by atoms with Crippen molar-refractivity contribution in [1.29, 1.82) is 0 Å². The van der Waals surface area contributed by atoms with Gasteiger partial charge in [0.1, 0.15) is 13.3 Å². The molecule has 0 saturated carbocycles. The van der Waals surface area contributed by atoms with Gasteiger partial charge in [0.05, 0.1) is 0 Å². The summed E-state index contributed by atoms with van der Waals surface area (Å²) in [6.45, 7) is 6.23. The molecule has 0 aromatic heterocycles. The zero-order chi connectivity index (χ0) is 14.7. The molecule has 0 aromatic carbocycles. The Hall–Kier alpha value is -0.935. The fourth-order valence-electron chi connectivity index (χ4n) is 1.70. The van der Waals surface area contributed by atoms with Gasteiger partial charge in [0.15, 0.2) is 0 Å². The molecule has 0 heterocycles. The van der Waals surface area contributed by atoms with Crippen LogP contribution in [0.4, 0.5) is 8.78 Å². The smallest absolute Gasteiger partial charge is 0.413 e. The fourth-order valence-corrected chi connectivity index (χ4v) is 1.70. The van der Waals surface area contributed by atoms with Crippen LogP contribution >= 0.6 is 0 Å². The van der Waals surface area contributed by atoms with Crippen LogP contribution in [0.25, 0.3) is 0 Å². The molecule has 0 aliphatic rings. The molecule has 0 aliphatic heterocycles. The van der Waals surface area contributed by atoms with Crippen molar-refractivity contribution in [2.24, 2.45) is 0 Å². The van der Waals surface area contributed by atoms with Crippen LogP contribution in [0.1, 0.15) is 20.3 Å². The van der Waals surface area contributed by atoms with E-state index in [1.165, 1.54) is 7.11 Å². The van der Waals surface area contributed by atoms with Crippen molar-refractivity contribution < 1.29 is 18.1 Å². The maximum absolute atomic E-state index is 13.2. The molecule has 0 rings (SSSR count). The van der Waals surface area contributed by atoms with Gasteiger partial charge in [0.2, 0.25) is 0 Å². The quantitative estimate of drug-likeness (QED) is 0.341. The normalized spacial score (nSPS) is 14.4. The van der Waals surface area contributed by atoms with Gasteiger partial charge < -0.3 is 9.31 Å². The molecule has 0 bridgehead atoms. The molecule has 5 heteroatoms. The van der Waals surface area contributed by atoms with Crippen LogP contribution < -0.4 is 0 Å². The van der Waals surface area contributed by atoms with E-state index in [0.29, 0.717) is 17.8 Å². The standard InChI is InChI=1S/C14H23BF2O2/c1-5-7-8-14(13(11-17)12(3)10-16)15(18-4)19-9-6-2/h5,7-8,14H,1,6,9-11H2,2-4H3/b8-7+,13-12-. The van der Waals surface area contributed by atoms with Crippen molar-refractivity contribution >= 4 is 7.12 Å². The van der Waals surface area contributed by atoms with Gasteiger partial charge in [-0.15, -0.1) is 0 Å². The van der Waals surface area contributed by atoms with E-state index in [1.807, 2.05) is 6.92 Å². The van der Waals surface area contributed by atoms with Crippen LogP contribution in [-0.2, 0) is 9.31 Å². The molecule has 0 amide bonds. The Labute approximate surface area is 115 Å². The van der Waals surface area contributed by atoms with Crippen LogP contribution in [0.2, 0.25) is 5.82 Å². The molecule has 2 nitrogen and oxygen atoms in total. The molecule has 1 atom stereocenters. The van der Waals surface area contributed by atoms with E-state index >= 15 is 0 Å². The van der Waals surface area contributed by atoms with Crippen molar-refractivity contribution in [3.63, 3.8) is 0 Å². The van der Waals surface area contributed by atoms with E-state index in [4.69, 9.17) is 9.31 Å². The summed E-state index contributed by atoms with van der Waals surface area (Å²) in [6, 6.07) is 0. The Morgan fingerprint density at radius 2 is 2.05 bits per heavy atom. The number of halogens is 2. The lowest BCUT2D eigenvalue weighted by Gasteiger charge is -2.22. The van der Waals surface area contributed by atoms with Gasteiger partial charge in [-0.1, -0.05) is 31.7 Å². The van der Waals surface area contributed by atoms with Crippen LogP contribution in [0.5, 0.6) is 0 Å². The van der Waals surface area contributed by atoms with E-state index in [9.17, 15) is 8.78 Å². The number of hydrogen-bond acceptors (Lipinski definition) is 2. The van der Waals surface area contributed by atoms with Crippen LogP contribution in [0, 0.1) is 0 Å². The third-order valence-corrected chi connectivity index (χ3v) is 2.76. The second kappa shape index (κ2) is 10.9. The Morgan fingerprint density at radius 3 is 2.47 bits per heavy atom. The van der Waals surface area contributed by atoms with Gasteiger partial charge in [-0.05, 0) is 24.5 Å². The van der Waals surface area contributed by atoms with Crippen molar-refractivity contribution in [3.05, 3.63) is 36.0 Å². The van der Waals surface area contributed by atoms with Gasteiger partial charge in [-0.2, -0.15) is 0 Å². The summed E-state index contributed by atoms with van der Waals surface area (Å²) >= 11 is 0.